The maximum absolute atomic E-state index is 9.11. The first kappa shape index (κ1) is 7.52. The highest BCUT2D eigenvalue weighted by Gasteiger charge is 2.04. The van der Waals surface area contributed by atoms with Crippen LogP contribution in [0.4, 0.5) is 5.13 Å². The number of anilines is 1. The van der Waals surface area contributed by atoms with Gasteiger partial charge in [0.1, 0.15) is 0 Å². The van der Waals surface area contributed by atoms with Gasteiger partial charge in [-0.2, -0.15) is 0 Å². The van der Waals surface area contributed by atoms with Crippen molar-refractivity contribution in [2.45, 2.75) is 0 Å². The summed E-state index contributed by atoms with van der Waals surface area (Å²) in [6.45, 7) is 0. The van der Waals surface area contributed by atoms with Gasteiger partial charge in [-0.25, -0.2) is 10.0 Å². The minimum absolute atomic E-state index is 0.621. The molecule has 12 heavy (non-hydrogen) atoms. The second-order valence-corrected chi connectivity index (χ2v) is 3.50. The number of aromatic nitrogens is 1. The lowest BCUT2D eigenvalue weighted by Crippen LogP contribution is -2.08. The molecule has 2 aromatic rings. The molecule has 4 heteroatoms. The van der Waals surface area contributed by atoms with Crippen molar-refractivity contribution >= 4 is 26.7 Å². The molecule has 1 aromatic carbocycles. The summed E-state index contributed by atoms with van der Waals surface area (Å²) in [4.78, 5) is 4.21. The molecule has 0 radical (unpaired) electrons. The van der Waals surface area contributed by atoms with Crippen molar-refractivity contribution in [1.29, 1.82) is 0 Å². The molecule has 0 aliphatic rings. The number of thiazole rings is 1. The van der Waals surface area contributed by atoms with Gasteiger partial charge in [0, 0.05) is 7.05 Å². The molecule has 62 valence electrons. The third-order valence-corrected chi connectivity index (χ3v) is 2.66. The lowest BCUT2D eigenvalue weighted by atomic mass is 10.3. The van der Waals surface area contributed by atoms with Crippen molar-refractivity contribution in [2.24, 2.45) is 0 Å². The summed E-state index contributed by atoms with van der Waals surface area (Å²) in [6.07, 6.45) is 0. The lowest BCUT2D eigenvalue weighted by molar-refractivity contribution is 0.279. The smallest absolute Gasteiger partial charge is 0.210 e. The van der Waals surface area contributed by atoms with Crippen LogP contribution < -0.4 is 5.06 Å². The Bertz CT molecular complexity index is 364. The number of rotatable bonds is 1. The molecule has 0 unspecified atom stereocenters. The molecule has 0 saturated carbocycles. The standard InChI is InChI=1S/C8H8N2OS/c1-10(11)8-9-6-4-2-3-5-7(6)12-8/h2-5,11H,1H3. The van der Waals surface area contributed by atoms with Gasteiger partial charge < -0.3 is 0 Å². The van der Waals surface area contributed by atoms with Crippen molar-refractivity contribution in [2.75, 3.05) is 12.1 Å². The number of fused-ring (bicyclic) bond motifs is 1. The van der Waals surface area contributed by atoms with Gasteiger partial charge in [-0.15, -0.1) is 0 Å². The fraction of sp³-hybridized carbons (Fsp3) is 0.125. The van der Waals surface area contributed by atoms with Crippen LogP contribution in [-0.2, 0) is 0 Å². The van der Waals surface area contributed by atoms with Crippen LogP contribution in [0.2, 0.25) is 0 Å². The van der Waals surface area contributed by atoms with E-state index in [4.69, 9.17) is 5.21 Å². The van der Waals surface area contributed by atoms with Gasteiger partial charge in [-0.3, -0.25) is 5.21 Å². The number of hydrogen-bond acceptors (Lipinski definition) is 4. The Labute approximate surface area is 73.8 Å². The summed E-state index contributed by atoms with van der Waals surface area (Å²) >= 11 is 1.47. The second kappa shape index (κ2) is 2.73. The van der Waals surface area contributed by atoms with E-state index in [2.05, 4.69) is 4.98 Å². The van der Waals surface area contributed by atoms with Crippen LogP contribution in [0, 0.1) is 0 Å². The van der Waals surface area contributed by atoms with E-state index in [-0.39, 0.29) is 0 Å². The molecule has 0 aliphatic carbocycles. The summed E-state index contributed by atoms with van der Waals surface area (Å²) in [5.74, 6) is 0. The van der Waals surface area contributed by atoms with Crippen molar-refractivity contribution < 1.29 is 5.21 Å². The molecule has 1 aromatic heterocycles. The minimum Gasteiger partial charge on any atom is -0.287 e. The zero-order valence-corrected chi connectivity index (χ0v) is 7.38. The third-order valence-electron chi connectivity index (χ3n) is 1.56. The molecule has 3 nitrogen and oxygen atoms in total. The highest BCUT2D eigenvalue weighted by Crippen LogP contribution is 2.26. The van der Waals surface area contributed by atoms with E-state index in [9.17, 15) is 0 Å². The van der Waals surface area contributed by atoms with Crippen LogP contribution in [-0.4, -0.2) is 17.2 Å². The van der Waals surface area contributed by atoms with Gasteiger partial charge in [-0.1, -0.05) is 23.5 Å². The van der Waals surface area contributed by atoms with E-state index < -0.39 is 0 Å². The van der Waals surface area contributed by atoms with E-state index in [0.29, 0.717) is 5.13 Å². The monoisotopic (exact) mass is 180 g/mol. The van der Waals surface area contributed by atoms with E-state index in [0.717, 1.165) is 15.3 Å². The van der Waals surface area contributed by atoms with Crippen molar-refractivity contribution in [3.05, 3.63) is 24.3 Å². The SMILES string of the molecule is CN(O)c1nc2ccccc2s1. The van der Waals surface area contributed by atoms with Gasteiger partial charge in [-0.05, 0) is 12.1 Å². The molecule has 0 aliphatic heterocycles. The predicted octanol–water partition coefficient (Wildman–Crippen LogP) is 2.12. The molecule has 0 fully saturated rings. The second-order valence-electron chi connectivity index (χ2n) is 2.49. The van der Waals surface area contributed by atoms with Crippen molar-refractivity contribution in [1.82, 2.24) is 4.98 Å². The van der Waals surface area contributed by atoms with Crippen LogP contribution in [0.15, 0.2) is 24.3 Å². The molecule has 1 heterocycles. The molecule has 2 rings (SSSR count). The Morgan fingerprint density at radius 1 is 1.42 bits per heavy atom. The average molecular weight is 180 g/mol. The van der Waals surface area contributed by atoms with Gasteiger partial charge in [0.05, 0.1) is 10.2 Å². The predicted molar refractivity (Wildman–Crippen MR) is 49.8 cm³/mol. The summed E-state index contributed by atoms with van der Waals surface area (Å²) < 4.78 is 1.09. The Morgan fingerprint density at radius 2 is 2.17 bits per heavy atom. The van der Waals surface area contributed by atoms with Crippen LogP contribution in [0.5, 0.6) is 0 Å². The topological polar surface area (TPSA) is 36.4 Å². The molecule has 0 bridgehead atoms. The highest BCUT2D eigenvalue weighted by atomic mass is 32.1. The van der Waals surface area contributed by atoms with Crippen LogP contribution in [0.25, 0.3) is 10.2 Å². The van der Waals surface area contributed by atoms with Gasteiger partial charge in [0.2, 0.25) is 5.13 Å². The minimum atomic E-state index is 0.621. The average Bonchev–Trinajstić information content (AvgIpc) is 2.46. The first-order valence-electron chi connectivity index (χ1n) is 3.55. The number of para-hydroxylation sites is 1. The fourth-order valence-corrected chi connectivity index (χ4v) is 1.84. The van der Waals surface area contributed by atoms with Crippen molar-refractivity contribution in [3.63, 3.8) is 0 Å². The zero-order chi connectivity index (χ0) is 8.55. The number of benzene rings is 1. The molecule has 0 amide bonds. The maximum atomic E-state index is 9.11. The lowest BCUT2D eigenvalue weighted by Gasteiger charge is -2.02. The summed E-state index contributed by atoms with van der Waals surface area (Å²) in [7, 11) is 1.57. The Kier molecular flexibility index (Phi) is 1.71. The molecule has 1 N–H and O–H groups in total. The number of nitrogens with zero attached hydrogens (tertiary/aromatic N) is 2. The Morgan fingerprint density at radius 3 is 2.83 bits per heavy atom. The van der Waals surface area contributed by atoms with Gasteiger partial charge in [0.15, 0.2) is 0 Å². The fourth-order valence-electron chi connectivity index (χ4n) is 0.998. The Balaban J connectivity index is 2.62. The number of hydroxylamine groups is 1. The normalized spacial score (nSPS) is 10.5. The van der Waals surface area contributed by atoms with E-state index in [1.54, 1.807) is 7.05 Å². The van der Waals surface area contributed by atoms with Gasteiger partial charge >= 0.3 is 0 Å². The Hall–Kier alpha value is -1.13. The zero-order valence-electron chi connectivity index (χ0n) is 6.56. The summed E-state index contributed by atoms with van der Waals surface area (Å²) in [6, 6.07) is 7.81. The van der Waals surface area contributed by atoms with E-state index in [1.165, 1.54) is 11.3 Å². The first-order chi connectivity index (χ1) is 5.77. The first-order valence-corrected chi connectivity index (χ1v) is 4.37. The summed E-state index contributed by atoms with van der Waals surface area (Å²) in [5.41, 5.74) is 0.929. The molecule has 0 saturated heterocycles. The molecule has 0 atom stereocenters. The largest absolute Gasteiger partial charge is 0.287 e. The molecular weight excluding hydrogens is 172 g/mol. The van der Waals surface area contributed by atoms with E-state index in [1.807, 2.05) is 24.3 Å². The van der Waals surface area contributed by atoms with Crippen LogP contribution in [0.3, 0.4) is 0 Å². The van der Waals surface area contributed by atoms with Crippen LogP contribution in [0.1, 0.15) is 0 Å². The quantitative estimate of drug-likeness (QED) is 0.683. The number of hydrogen-bond donors (Lipinski definition) is 1. The molecular formula is C8H8N2OS. The van der Waals surface area contributed by atoms with Crippen LogP contribution >= 0.6 is 11.3 Å². The van der Waals surface area contributed by atoms with E-state index >= 15 is 0 Å². The van der Waals surface area contributed by atoms with Crippen molar-refractivity contribution in [3.8, 4) is 0 Å². The molecule has 0 spiro atoms. The summed E-state index contributed by atoms with van der Waals surface area (Å²) in [5, 5.41) is 10.8. The maximum Gasteiger partial charge on any atom is 0.210 e. The highest BCUT2D eigenvalue weighted by molar-refractivity contribution is 7.22. The third kappa shape index (κ3) is 1.15. The van der Waals surface area contributed by atoms with Gasteiger partial charge in [0.25, 0.3) is 0 Å².